The summed E-state index contributed by atoms with van der Waals surface area (Å²) in [6.45, 7) is 0. The van der Waals surface area contributed by atoms with E-state index in [0.29, 0.717) is 10.6 Å². The lowest BCUT2D eigenvalue weighted by atomic mass is 10.1. The highest BCUT2D eigenvalue weighted by Gasteiger charge is 2.35. The molecule has 0 atom stereocenters. The third-order valence-corrected chi connectivity index (χ3v) is 4.11. The summed E-state index contributed by atoms with van der Waals surface area (Å²) in [6.07, 6.45) is 3.19. The largest absolute Gasteiger partial charge is 0.806 e. The van der Waals surface area contributed by atoms with Crippen molar-refractivity contribution in [2.75, 3.05) is 0 Å². The number of benzene rings is 2. The second-order valence-electron chi connectivity index (χ2n) is 4.55. The number of hydrogen-bond acceptors (Lipinski definition) is 3. The van der Waals surface area contributed by atoms with Gasteiger partial charge >= 0.3 is 0 Å². The maximum atomic E-state index is 13.5. The van der Waals surface area contributed by atoms with Gasteiger partial charge in [0, 0.05) is 18.2 Å². The molecule has 2 aromatic carbocycles. The van der Waals surface area contributed by atoms with Gasteiger partial charge in [-0.3, -0.25) is 0 Å². The highest BCUT2D eigenvalue weighted by molar-refractivity contribution is 7.49. The average molecular weight is 379 g/mol. The van der Waals surface area contributed by atoms with E-state index in [9.17, 15) is 23.1 Å². The first-order valence-corrected chi connectivity index (χ1v) is 8.06. The summed E-state index contributed by atoms with van der Waals surface area (Å²) in [4.78, 5) is 21.3. The van der Waals surface area contributed by atoms with Gasteiger partial charge in [0.15, 0.2) is 0 Å². The smallest absolute Gasteiger partial charge is 0.296 e. The van der Waals surface area contributed by atoms with Crippen molar-refractivity contribution in [3.8, 4) is 0 Å². The number of hydrogen-bond donors (Lipinski definition) is 2. The van der Waals surface area contributed by atoms with Crippen molar-refractivity contribution >= 4 is 31.3 Å². The monoisotopic (exact) mass is 378 g/mol. The van der Waals surface area contributed by atoms with Gasteiger partial charge in [-0.05, 0) is 29.3 Å². The van der Waals surface area contributed by atoms with Crippen molar-refractivity contribution in [2.45, 2.75) is 5.66 Å². The van der Waals surface area contributed by atoms with Crippen LogP contribution in [0.4, 0.5) is 8.78 Å². The molecule has 0 amide bonds. The Morgan fingerprint density at radius 1 is 0.958 bits per heavy atom. The van der Waals surface area contributed by atoms with Crippen LogP contribution < -0.4 is 22.1 Å². The first kappa shape index (κ1) is 22.4. The van der Waals surface area contributed by atoms with Gasteiger partial charge in [-0.1, -0.05) is 54.1 Å². The van der Waals surface area contributed by atoms with Gasteiger partial charge in [0.25, 0.3) is 5.66 Å². The van der Waals surface area contributed by atoms with Crippen LogP contribution in [0, 0.1) is 0 Å². The Kier molecular flexibility index (Phi) is 7.92. The van der Waals surface area contributed by atoms with Crippen molar-refractivity contribution in [3.05, 3.63) is 70.2 Å². The lowest BCUT2D eigenvalue weighted by Crippen LogP contribution is -2.29. The van der Waals surface area contributed by atoms with Crippen molar-refractivity contribution in [3.63, 3.8) is 0 Å². The van der Waals surface area contributed by atoms with Gasteiger partial charge in [-0.25, -0.2) is 0 Å². The van der Waals surface area contributed by atoms with Gasteiger partial charge < -0.3 is 26.7 Å². The molecular weight excluding hydrogens is 361 g/mol. The molecule has 24 heavy (non-hydrogen) atoms. The Morgan fingerprint density at radius 2 is 1.50 bits per heavy atom. The molecule has 5 nitrogen and oxygen atoms in total. The van der Waals surface area contributed by atoms with Crippen LogP contribution in [-0.4, -0.2) is 0 Å². The van der Waals surface area contributed by atoms with E-state index in [-0.39, 0.29) is 12.3 Å². The molecule has 0 aliphatic carbocycles. The zero-order chi connectivity index (χ0) is 16.4. The van der Waals surface area contributed by atoms with Crippen LogP contribution >= 0.6 is 19.2 Å². The third kappa shape index (κ3) is 5.21. The lowest BCUT2D eigenvalue weighted by Gasteiger charge is -2.37. The number of quaternary nitrogens is 2. The molecule has 0 aliphatic heterocycles. The summed E-state index contributed by atoms with van der Waals surface area (Å²) in [5.74, 6) is 0. The Hall–Kier alpha value is -1.60. The summed E-state index contributed by atoms with van der Waals surface area (Å²) < 4.78 is 37.7. The average Bonchev–Trinajstić information content (AvgIpc) is 2.46. The van der Waals surface area contributed by atoms with Crippen LogP contribution in [-0.2, 0) is 10.2 Å². The van der Waals surface area contributed by atoms with Gasteiger partial charge in [-0.15, -0.1) is 0 Å². The third-order valence-electron chi connectivity index (χ3n) is 2.92. The van der Waals surface area contributed by atoms with Gasteiger partial charge in [0.2, 0.25) is 0 Å². The SMILES string of the molecule is O=P([O-])([O-])C(F)(F)c1cccc(/C=C\c2ccc(Cl)cc2)c1.[NH4+].[NH4+]. The lowest BCUT2D eigenvalue weighted by molar-refractivity contribution is -0.335. The predicted octanol–water partition coefficient (Wildman–Crippen LogP) is 4.23. The van der Waals surface area contributed by atoms with Crippen LogP contribution in [0.5, 0.6) is 0 Å². The van der Waals surface area contributed by atoms with Gasteiger partial charge in [0.05, 0.1) is 0 Å². The quantitative estimate of drug-likeness (QED) is 0.608. The normalized spacial score (nSPS) is 11.7. The molecule has 0 bridgehead atoms. The molecule has 0 aromatic heterocycles. The molecule has 0 spiro atoms. The van der Waals surface area contributed by atoms with E-state index >= 15 is 0 Å². The van der Waals surface area contributed by atoms with Crippen LogP contribution in [0.1, 0.15) is 16.7 Å². The molecule has 2 rings (SSSR count). The number of halogens is 3. The molecule has 0 saturated carbocycles. The van der Waals surface area contributed by atoms with Crippen LogP contribution in [0.25, 0.3) is 12.2 Å². The zero-order valence-electron chi connectivity index (χ0n) is 13.1. The van der Waals surface area contributed by atoms with Crippen molar-refractivity contribution in [1.29, 1.82) is 0 Å². The summed E-state index contributed by atoms with van der Waals surface area (Å²) in [7, 11) is -6.07. The molecule has 2 aromatic rings. The standard InChI is InChI=1S/C15H12ClF2O3P.2H3N/c16-14-8-6-11(7-9-14)4-5-12-2-1-3-13(10-12)15(17,18)22(19,20)21;;/h1-10H,(H2,19,20,21);2*1H3/b5-4-;;. The van der Waals surface area contributed by atoms with Crippen molar-refractivity contribution in [2.24, 2.45) is 0 Å². The second-order valence-corrected chi connectivity index (χ2v) is 6.54. The minimum atomic E-state index is -6.07. The van der Waals surface area contributed by atoms with E-state index in [2.05, 4.69) is 0 Å². The van der Waals surface area contributed by atoms with Crippen LogP contribution in [0.3, 0.4) is 0 Å². The Morgan fingerprint density at radius 3 is 2.04 bits per heavy atom. The maximum Gasteiger partial charge on any atom is 0.296 e. The Balaban J connectivity index is 0.00000264. The van der Waals surface area contributed by atoms with E-state index in [1.807, 2.05) is 0 Å². The Labute approximate surface area is 143 Å². The first-order chi connectivity index (χ1) is 10.2. The fourth-order valence-electron chi connectivity index (χ4n) is 1.75. The van der Waals surface area contributed by atoms with E-state index in [1.54, 1.807) is 30.3 Å². The number of alkyl halides is 2. The highest BCUT2D eigenvalue weighted by atomic mass is 35.5. The highest BCUT2D eigenvalue weighted by Crippen LogP contribution is 2.53. The van der Waals surface area contributed by atoms with E-state index in [1.165, 1.54) is 18.2 Å². The van der Waals surface area contributed by atoms with Crippen molar-refractivity contribution in [1.82, 2.24) is 12.3 Å². The van der Waals surface area contributed by atoms with E-state index < -0.39 is 18.8 Å². The van der Waals surface area contributed by atoms with E-state index in [0.717, 1.165) is 17.7 Å². The van der Waals surface area contributed by atoms with Crippen molar-refractivity contribution < 1.29 is 23.1 Å². The molecule has 0 saturated heterocycles. The van der Waals surface area contributed by atoms with Crippen LogP contribution in [0.15, 0.2) is 48.5 Å². The fourth-order valence-corrected chi connectivity index (χ4v) is 2.34. The number of rotatable bonds is 4. The molecule has 0 fully saturated rings. The minimum absolute atomic E-state index is 0. The summed E-state index contributed by atoms with van der Waals surface area (Å²) >= 11 is 5.75. The molecule has 8 N–H and O–H groups in total. The summed E-state index contributed by atoms with van der Waals surface area (Å²) in [6, 6.07) is 11.5. The van der Waals surface area contributed by atoms with E-state index in [4.69, 9.17) is 11.6 Å². The second kappa shape index (κ2) is 8.48. The summed E-state index contributed by atoms with van der Waals surface area (Å²) in [5.41, 5.74) is -4.14. The minimum Gasteiger partial charge on any atom is -0.806 e. The fraction of sp³-hybridized carbons (Fsp3) is 0.0667. The molecular formula is C15H18ClF2N2O3P. The zero-order valence-corrected chi connectivity index (χ0v) is 14.7. The topological polar surface area (TPSA) is 136 Å². The van der Waals surface area contributed by atoms with Gasteiger partial charge in [-0.2, -0.15) is 8.78 Å². The molecule has 0 aliphatic rings. The first-order valence-electron chi connectivity index (χ1n) is 6.14. The molecule has 132 valence electrons. The molecule has 9 heteroatoms. The molecule has 0 radical (unpaired) electrons. The molecule has 0 unspecified atom stereocenters. The predicted molar refractivity (Wildman–Crippen MR) is 90.3 cm³/mol. The molecule has 0 heterocycles. The maximum absolute atomic E-state index is 13.5. The van der Waals surface area contributed by atoms with Crippen LogP contribution in [0.2, 0.25) is 5.02 Å². The van der Waals surface area contributed by atoms with Gasteiger partial charge in [0.1, 0.15) is 0 Å². The Bertz CT molecular complexity index is 749. The summed E-state index contributed by atoms with van der Waals surface area (Å²) in [5, 5.41) is 0.570.